The molecule has 0 unspecified atom stereocenters. The van der Waals surface area contributed by atoms with Crippen LogP contribution in [0.1, 0.15) is 11.1 Å². The van der Waals surface area contributed by atoms with Crippen molar-refractivity contribution in [2.75, 3.05) is 17.7 Å². The first kappa shape index (κ1) is 17.5. The fraction of sp³-hybridized carbons (Fsp3) is 0.143. The largest absolute Gasteiger partial charge is 0.386 e. The zero-order valence-electron chi connectivity index (χ0n) is 14.7. The average Bonchev–Trinajstić information content (AvgIpc) is 3.14. The summed E-state index contributed by atoms with van der Waals surface area (Å²) in [5.41, 5.74) is 3.81. The number of nitrogens with one attached hydrogen (secondary N) is 2. The van der Waals surface area contributed by atoms with Crippen LogP contribution in [-0.2, 0) is 17.8 Å². The lowest BCUT2D eigenvalue weighted by molar-refractivity contribution is -0.111. The normalized spacial score (nSPS) is 10.8. The molecule has 0 atom stereocenters. The lowest BCUT2D eigenvalue weighted by atomic mass is 10.1. The molecule has 0 aliphatic rings. The predicted octanol–water partition coefficient (Wildman–Crippen LogP) is 3.82. The number of para-hydroxylation sites is 2. The second-order valence-corrected chi connectivity index (χ2v) is 5.89. The zero-order valence-corrected chi connectivity index (χ0v) is 14.7. The molecule has 2 aromatic carbocycles. The highest BCUT2D eigenvalue weighted by Gasteiger charge is 2.03. The van der Waals surface area contributed by atoms with Crippen molar-refractivity contribution in [2.24, 2.45) is 0 Å². The smallest absolute Gasteiger partial charge is 0.248 e. The molecule has 5 heteroatoms. The Hall–Kier alpha value is -3.34. The van der Waals surface area contributed by atoms with Crippen LogP contribution in [0.3, 0.4) is 0 Å². The molecular weight excluding hydrogens is 324 g/mol. The Labute approximate surface area is 153 Å². The van der Waals surface area contributed by atoms with E-state index >= 15 is 0 Å². The summed E-state index contributed by atoms with van der Waals surface area (Å²) in [7, 11) is 1.82. The molecule has 0 spiro atoms. The van der Waals surface area contributed by atoms with E-state index in [1.807, 2.05) is 60.4 Å². The second kappa shape index (κ2) is 8.67. The number of aryl methyl sites for hydroxylation is 2. The molecule has 26 heavy (non-hydrogen) atoms. The minimum Gasteiger partial charge on any atom is -0.386 e. The van der Waals surface area contributed by atoms with Gasteiger partial charge in [0.15, 0.2) is 0 Å². The van der Waals surface area contributed by atoms with Crippen LogP contribution in [0.5, 0.6) is 0 Å². The van der Waals surface area contributed by atoms with Gasteiger partial charge in [0.05, 0.1) is 17.6 Å². The number of nitrogens with zero attached hydrogens (tertiary/aromatic N) is 2. The molecule has 0 aliphatic carbocycles. The number of hydrogen-bond acceptors (Lipinski definition) is 3. The fourth-order valence-electron chi connectivity index (χ4n) is 2.63. The topological polar surface area (TPSA) is 58.9 Å². The minimum absolute atomic E-state index is 0.176. The number of benzene rings is 2. The van der Waals surface area contributed by atoms with Crippen LogP contribution < -0.4 is 10.6 Å². The third-order valence-electron chi connectivity index (χ3n) is 4.01. The molecule has 5 nitrogen and oxygen atoms in total. The Balaban J connectivity index is 1.55. The van der Waals surface area contributed by atoms with Gasteiger partial charge in [-0.25, -0.2) is 0 Å². The first-order chi connectivity index (χ1) is 12.7. The molecule has 3 aromatic rings. The summed E-state index contributed by atoms with van der Waals surface area (Å²) in [6.07, 6.45) is 7.91. The summed E-state index contributed by atoms with van der Waals surface area (Å²) >= 11 is 0. The van der Waals surface area contributed by atoms with Crippen molar-refractivity contribution in [3.05, 3.63) is 84.2 Å². The maximum atomic E-state index is 12.1. The van der Waals surface area contributed by atoms with E-state index in [1.165, 1.54) is 11.6 Å². The van der Waals surface area contributed by atoms with Crippen LogP contribution >= 0.6 is 0 Å². The Morgan fingerprint density at radius 3 is 2.58 bits per heavy atom. The van der Waals surface area contributed by atoms with Gasteiger partial charge in [-0.15, -0.1) is 0 Å². The number of aromatic nitrogens is 2. The van der Waals surface area contributed by atoms with Crippen LogP contribution in [0.15, 0.2) is 73.1 Å². The van der Waals surface area contributed by atoms with E-state index in [0.717, 1.165) is 29.9 Å². The van der Waals surface area contributed by atoms with Crippen LogP contribution in [0.2, 0.25) is 0 Å². The average molecular weight is 346 g/mol. The first-order valence-electron chi connectivity index (χ1n) is 8.57. The van der Waals surface area contributed by atoms with E-state index in [0.29, 0.717) is 0 Å². The Morgan fingerprint density at radius 2 is 1.81 bits per heavy atom. The molecule has 0 saturated carbocycles. The maximum Gasteiger partial charge on any atom is 0.248 e. The van der Waals surface area contributed by atoms with Crippen LogP contribution in [-0.4, -0.2) is 22.7 Å². The van der Waals surface area contributed by atoms with Crippen molar-refractivity contribution < 1.29 is 4.79 Å². The Morgan fingerprint density at radius 1 is 1.08 bits per heavy atom. The van der Waals surface area contributed by atoms with Gasteiger partial charge in [-0.2, -0.15) is 5.10 Å². The van der Waals surface area contributed by atoms with E-state index in [2.05, 4.69) is 27.9 Å². The Bertz CT molecular complexity index is 884. The van der Waals surface area contributed by atoms with Crippen molar-refractivity contribution in [2.45, 2.75) is 13.0 Å². The number of carbonyl (C=O) groups is 1. The third-order valence-corrected chi connectivity index (χ3v) is 4.01. The first-order valence-corrected chi connectivity index (χ1v) is 8.57. The lowest BCUT2D eigenvalue weighted by Gasteiger charge is -2.08. The summed E-state index contributed by atoms with van der Waals surface area (Å²) in [6, 6.07) is 17.9. The molecule has 0 saturated heterocycles. The van der Waals surface area contributed by atoms with Gasteiger partial charge >= 0.3 is 0 Å². The molecule has 0 bridgehead atoms. The zero-order chi connectivity index (χ0) is 18.2. The summed E-state index contributed by atoms with van der Waals surface area (Å²) < 4.78 is 1.89. The van der Waals surface area contributed by atoms with Crippen LogP contribution in [0.4, 0.5) is 11.4 Å². The van der Waals surface area contributed by atoms with Gasteiger partial charge in [0, 0.05) is 31.4 Å². The number of rotatable bonds is 7. The number of amides is 1. The summed E-state index contributed by atoms with van der Waals surface area (Å²) in [5, 5.41) is 10.3. The number of carbonyl (C=O) groups excluding carboxylic acids is 1. The van der Waals surface area contributed by atoms with Gasteiger partial charge in [0.1, 0.15) is 0 Å². The van der Waals surface area contributed by atoms with Crippen molar-refractivity contribution in [3.8, 4) is 0 Å². The molecule has 0 radical (unpaired) electrons. The maximum absolute atomic E-state index is 12.1. The predicted molar refractivity (Wildman–Crippen MR) is 106 cm³/mol. The van der Waals surface area contributed by atoms with Crippen molar-refractivity contribution in [1.82, 2.24) is 9.78 Å². The molecule has 0 aliphatic heterocycles. The highest BCUT2D eigenvalue weighted by atomic mass is 16.1. The van der Waals surface area contributed by atoms with Gasteiger partial charge in [0.25, 0.3) is 0 Å². The Kier molecular flexibility index (Phi) is 5.83. The standard InChI is InChI=1S/C21H22N4O/c1-22-19-9-5-6-10-20(19)24-21(26)12-11-18-15-23-25(16-18)14-13-17-7-3-2-4-8-17/h2-12,15-16,22H,13-14H2,1H3,(H,24,26)/b12-11+. The lowest BCUT2D eigenvalue weighted by Crippen LogP contribution is -2.09. The highest BCUT2D eigenvalue weighted by Crippen LogP contribution is 2.20. The summed E-state index contributed by atoms with van der Waals surface area (Å²) in [4.78, 5) is 12.1. The van der Waals surface area contributed by atoms with E-state index in [9.17, 15) is 4.79 Å². The molecule has 1 aromatic heterocycles. The van der Waals surface area contributed by atoms with Gasteiger partial charge < -0.3 is 10.6 Å². The van der Waals surface area contributed by atoms with Crippen molar-refractivity contribution in [1.29, 1.82) is 0 Å². The monoisotopic (exact) mass is 346 g/mol. The van der Waals surface area contributed by atoms with E-state index in [4.69, 9.17) is 0 Å². The quantitative estimate of drug-likeness (QED) is 0.640. The number of hydrogen-bond donors (Lipinski definition) is 2. The van der Waals surface area contributed by atoms with Crippen LogP contribution in [0.25, 0.3) is 6.08 Å². The SMILES string of the molecule is CNc1ccccc1NC(=O)/C=C/c1cnn(CCc2ccccc2)c1. The molecule has 3 rings (SSSR count). The summed E-state index contributed by atoms with van der Waals surface area (Å²) in [5.74, 6) is -0.176. The molecule has 1 amide bonds. The third kappa shape index (κ3) is 4.83. The second-order valence-electron chi connectivity index (χ2n) is 5.89. The van der Waals surface area contributed by atoms with Crippen molar-refractivity contribution >= 4 is 23.4 Å². The van der Waals surface area contributed by atoms with E-state index in [-0.39, 0.29) is 5.91 Å². The molecule has 2 N–H and O–H groups in total. The van der Waals surface area contributed by atoms with Gasteiger partial charge in [-0.1, -0.05) is 42.5 Å². The minimum atomic E-state index is -0.176. The van der Waals surface area contributed by atoms with E-state index in [1.54, 1.807) is 12.3 Å². The molecular formula is C21H22N4O. The fourth-order valence-corrected chi connectivity index (χ4v) is 2.63. The summed E-state index contributed by atoms with van der Waals surface area (Å²) in [6.45, 7) is 0.805. The van der Waals surface area contributed by atoms with Crippen LogP contribution in [0, 0.1) is 0 Å². The van der Waals surface area contributed by atoms with Crippen molar-refractivity contribution in [3.63, 3.8) is 0 Å². The molecule has 132 valence electrons. The van der Waals surface area contributed by atoms with Gasteiger partial charge in [-0.3, -0.25) is 9.48 Å². The van der Waals surface area contributed by atoms with E-state index < -0.39 is 0 Å². The van der Waals surface area contributed by atoms with Gasteiger partial charge in [-0.05, 0) is 30.2 Å². The molecule has 1 heterocycles. The highest BCUT2D eigenvalue weighted by molar-refractivity contribution is 6.03. The molecule has 0 fully saturated rings. The number of anilines is 2. The van der Waals surface area contributed by atoms with Gasteiger partial charge in [0.2, 0.25) is 5.91 Å².